The Morgan fingerprint density at radius 1 is 0.316 bits per heavy atom. The molecule has 0 spiro atoms. The number of hydrogen-bond acceptors (Lipinski definition) is 6. The molecule has 6 saturated carbocycles. The first kappa shape index (κ1) is 72.9. The Kier molecular flexibility index (Phi) is 24.9. The zero-order valence-electron chi connectivity index (χ0n) is 60.7. The van der Waals surface area contributed by atoms with Gasteiger partial charge in [0.2, 0.25) is 35.4 Å². The zero-order valence-corrected chi connectivity index (χ0v) is 60.7. The Balaban J connectivity index is 0.847. The summed E-state index contributed by atoms with van der Waals surface area (Å²) in [4.78, 5) is 88.7. The van der Waals surface area contributed by atoms with E-state index in [0.717, 1.165) is 112 Å². The van der Waals surface area contributed by atoms with Gasteiger partial charge in [0.1, 0.15) is 24.2 Å². The van der Waals surface area contributed by atoms with Crippen molar-refractivity contribution >= 4 is 35.4 Å². The molecule has 532 valence electrons. The molecular formula is C86H122N6O6. The summed E-state index contributed by atoms with van der Waals surface area (Å²) in [6.45, 7) is 15.0. The fourth-order valence-electron chi connectivity index (χ4n) is 21.4. The van der Waals surface area contributed by atoms with Crippen molar-refractivity contribution in [3.8, 4) is 0 Å². The first-order valence-corrected chi connectivity index (χ1v) is 39.2. The van der Waals surface area contributed by atoms with E-state index in [1.165, 1.54) is 77.0 Å². The number of rotatable bonds is 8. The average molecular weight is 1340 g/mol. The molecule has 11 rings (SSSR count). The smallest absolute Gasteiger partial charge is 0.243 e. The maximum atomic E-state index is 15.0. The lowest BCUT2D eigenvalue weighted by atomic mass is 9.54. The molecule has 7 fully saturated rings. The van der Waals surface area contributed by atoms with E-state index in [1.54, 1.807) is 0 Å². The van der Waals surface area contributed by atoms with Gasteiger partial charge >= 0.3 is 0 Å². The molecule has 12 heteroatoms. The Morgan fingerprint density at radius 3 is 0.969 bits per heavy atom. The largest absolute Gasteiger partial charge is 0.352 e. The second-order valence-corrected chi connectivity index (χ2v) is 33.9. The molecule has 6 N–H and O–H groups in total. The van der Waals surface area contributed by atoms with Crippen LogP contribution in [0.5, 0.6) is 0 Å². The predicted octanol–water partition coefficient (Wildman–Crippen LogP) is 15.9. The number of hydrogen-bond donors (Lipinski definition) is 6. The van der Waals surface area contributed by atoms with Crippen LogP contribution in [0.15, 0.2) is 121 Å². The maximum absolute atomic E-state index is 15.0. The van der Waals surface area contributed by atoms with Gasteiger partial charge in [-0.15, -0.1) is 0 Å². The second-order valence-electron chi connectivity index (χ2n) is 33.9. The summed E-state index contributed by atoms with van der Waals surface area (Å²) in [5, 5.41) is 20.0. The maximum Gasteiger partial charge on any atom is 0.243 e. The number of carbonyl (C=O) groups is 6. The third kappa shape index (κ3) is 18.4. The second kappa shape index (κ2) is 33.5. The molecule has 4 aromatic carbocycles. The number of nitrogens with one attached hydrogen (secondary N) is 6. The third-order valence-electron chi connectivity index (χ3n) is 27.5. The van der Waals surface area contributed by atoms with Crippen molar-refractivity contribution in [2.24, 2.45) is 69.0 Å². The van der Waals surface area contributed by atoms with Crippen LogP contribution in [0, 0.1) is 69.0 Å². The molecule has 1 aliphatic heterocycles. The summed E-state index contributed by atoms with van der Waals surface area (Å²) in [7, 11) is 0. The van der Waals surface area contributed by atoms with Gasteiger partial charge < -0.3 is 31.9 Å². The highest BCUT2D eigenvalue weighted by Gasteiger charge is 2.52. The van der Waals surface area contributed by atoms with Gasteiger partial charge in [0.15, 0.2) is 0 Å². The summed E-state index contributed by atoms with van der Waals surface area (Å²) < 4.78 is 0. The molecule has 12 nitrogen and oxygen atoms in total. The monoisotopic (exact) mass is 1330 g/mol. The highest BCUT2D eigenvalue weighted by atomic mass is 16.2. The van der Waals surface area contributed by atoms with Crippen LogP contribution >= 0.6 is 0 Å². The van der Waals surface area contributed by atoms with Crippen LogP contribution in [0.25, 0.3) is 0 Å². The van der Waals surface area contributed by atoms with Crippen LogP contribution in [-0.4, -0.2) is 71.7 Å². The minimum Gasteiger partial charge on any atom is -0.352 e. The van der Waals surface area contributed by atoms with Crippen molar-refractivity contribution in [1.82, 2.24) is 31.9 Å². The fourth-order valence-corrected chi connectivity index (χ4v) is 21.4. The van der Waals surface area contributed by atoms with Crippen LogP contribution in [0.4, 0.5) is 0 Å². The summed E-state index contributed by atoms with van der Waals surface area (Å²) >= 11 is 0. The molecule has 12 bridgehead atoms. The minimum atomic E-state index is -0.861. The Labute approximate surface area is 588 Å². The molecule has 4 aromatic rings. The van der Waals surface area contributed by atoms with Gasteiger partial charge in [-0.2, -0.15) is 0 Å². The fraction of sp³-hybridized carbons (Fsp3) is 0.651. The van der Waals surface area contributed by atoms with Crippen LogP contribution in [0.1, 0.15) is 244 Å². The Hall–Kier alpha value is -6.30. The van der Waals surface area contributed by atoms with Crippen LogP contribution < -0.4 is 31.9 Å². The quantitative estimate of drug-likeness (QED) is 0.102. The van der Waals surface area contributed by atoms with E-state index in [4.69, 9.17) is 0 Å². The molecule has 7 aliphatic rings. The molecule has 0 radical (unpaired) electrons. The summed E-state index contributed by atoms with van der Waals surface area (Å²) in [6.07, 6.45) is 30.1. The molecule has 6 aliphatic carbocycles. The van der Waals surface area contributed by atoms with E-state index in [9.17, 15) is 28.8 Å². The van der Waals surface area contributed by atoms with E-state index < -0.39 is 24.2 Å². The molecule has 6 amide bonds. The van der Waals surface area contributed by atoms with Gasteiger partial charge in [0.05, 0.1) is 0 Å². The van der Waals surface area contributed by atoms with E-state index in [0.29, 0.717) is 85.9 Å². The van der Waals surface area contributed by atoms with E-state index in [1.807, 2.05) is 121 Å². The first-order valence-electron chi connectivity index (χ1n) is 39.2. The number of amides is 6. The summed E-state index contributed by atoms with van der Waals surface area (Å²) in [6, 6.07) is 36.4. The van der Waals surface area contributed by atoms with Crippen molar-refractivity contribution in [1.29, 1.82) is 0 Å². The standard InChI is InChI=1S/C86H122N6O6/c1-59-41-43-77(93)89-73(53-61-25-11-7-12-26-61)81(97)91-75(55-63-29-15-9-16-30-63)79(95)88-70-38-24-48-84(4,52-46-70)66-36-22-50-86(6)68(58-66)34-20-40-72(86)60(2)42-44-78(94)90-74(54-62-27-13-8-14-28-62)82(98)92-76(56-64-31-17-10-18-32-64)80(96)87-69-37-23-47-83(3,51-45-69)65-35-21-49-85(5)67(57-65)33-19-39-71(59)85/h7-18,25-32,59-60,65-76H,19-24,33-58H2,1-6H3,(H,87,96)(H,88,95)(H,89,93)(H,90,94)(H,91,97)(H,92,98)/t59-,60-,65?,66?,67?,68?,69?,70?,71?,72?,73+,74+,75+,76+,83+,84+,85-,86+/m1/s1. The van der Waals surface area contributed by atoms with Gasteiger partial charge in [0, 0.05) is 50.6 Å². The van der Waals surface area contributed by atoms with Gasteiger partial charge in [-0.05, 0) is 220 Å². The molecule has 98 heavy (non-hydrogen) atoms. The van der Waals surface area contributed by atoms with Crippen LogP contribution in [-0.2, 0) is 54.5 Å². The highest BCUT2D eigenvalue weighted by Crippen LogP contribution is 2.61. The lowest BCUT2D eigenvalue weighted by Gasteiger charge is -2.51. The third-order valence-corrected chi connectivity index (χ3v) is 27.5. The topological polar surface area (TPSA) is 175 Å². The number of benzene rings is 4. The molecule has 1 heterocycles. The van der Waals surface area contributed by atoms with Crippen LogP contribution in [0.3, 0.4) is 0 Å². The number of fused-ring (bicyclic) bond motifs is 10. The Morgan fingerprint density at radius 2 is 0.622 bits per heavy atom. The molecule has 1 saturated heterocycles. The summed E-state index contributed by atoms with van der Waals surface area (Å²) in [5.74, 6) is 2.69. The molecule has 8 unspecified atom stereocenters. The Bertz CT molecular complexity index is 3040. The van der Waals surface area contributed by atoms with Gasteiger partial charge in [0.25, 0.3) is 0 Å². The highest BCUT2D eigenvalue weighted by molar-refractivity contribution is 5.93. The van der Waals surface area contributed by atoms with Crippen molar-refractivity contribution in [2.75, 3.05) is 0 Å². The normalized spacial score (nSPS) is 36.5. The lowest BCUT2D eigenvalue weighted by molar-refractivity contribution is -0.132. The predicted molar refractivity (Wildman–Crippen MR) is 393 cm³/mol. The molecular weight excluding hydrogens is 1210 g/mol. The van der Waals surface area contributed by atoms with E-state index in [-0.39, 0.29) is 69.2 Å². The van der Waals surface area contributed by atoms with Crippen molar-refractivity contribution in [2.45, 2.75) is 283 Å². The van der Waals surface area contributed by atoms with Gasteiger partial charge in [-0.25, -0.2) is 0 Å². The van der Waals surface area contributed by atoms with Crippen LogP contribution in [0.2, 0.25) is 0 Å². The lowest BCUT2D eigenvalue weighted by Crippen LogP contribution is -2.56. The molecule has 18 atom stereocenters. The van der Waals surface area contributed by atoms with Gasteiger partial charge in [-0.3, -0.25) is 28.8 Å². The van der Waals surface area contributed by atoms with Crippen molar-refractivity contribution in [3.63, 3.8) is 0 Å². The minimum absolute atomic E-state index is 0.0143. The van der Waals surface area contributed by atoms with Crippen molar-refractivity contribution < 1.29 is 28.8 Å². The molecule has 0 aromatic heterocycles. The summed E-state index contributed by atoms with van der Waals surface area (Å²) in [5.41, 5.74) is 4.41. The average Bonchev–Trinajstić information content (AvgIpc) is 1.39. The van der Waals surface area contributed by atoms with Gasteiger partial charge in [-0.1, -0.05) is 201 Å². The number of carbonyl (C=O) groups excluding carboxylic acids is 6. The zero-order chi connectivity index (χ0) is 68.9. The van der Waals surface area contributed by atoms with E-state index >= 15 is 0 Å². The van der Waals surface area contributed by atoms with Crippen molar-refractivity contribution in [3.05, 3.63) is 144 Å². The van der Waals surface area contributed by atoms with E-state index in [2.05, 4.69) is 73.4 Å². The first-order chi connectivity index (χ1) is 47.3. The SMILES string of the molecule is C[C@@H]1CCC(=O)N[C@@H](Cc2ccccc2)C(=O)N[C@@H](Cc2ccccc2)C(=O)NC2CCC[C@@](C)(CC2)C2CCC[C@]3(C)C(CCCC3[C@H](C)CCC(=O)N[C@@H](Cc3ccccc3)C(=O)N[C@@H](Cc3ccccc3)C(=O)NC3CCC[C@@](C)(CC3)C3CCC[C@@]4(C)C(CCCC14)C3)C2.